The van der Waals surface area contributed by atoms with Crippen LogP contribution in [-0.2, 0) is 6.54 Å². The second-order valence-corrected chi connectivity index (χ2v) is 4.58. The van der Waals surface area contributed by atoms with E-state index in [1.807, 2.05) is 28.8 Å². The van der Waals surface area contributed by atoms with Crippen molar-refractivity contribution in [2.24, 2.45) is 5.73 Å². The lowest BCUT2D eigenvalue weighted by molar-refractivity contribution is 0.601. The van der Waals surface area contributed by atoms with Gasteiger partial charge in [-0.05, 0) is 18.2 Å². The molecule has 0 fully saturated rings. The molecular weight excluding hydrogens is 255 g/mol. The number of nitrogens with two attached hydrogens (primary N) is 1. The summed E-state index contributed by atoms with van der Waals surface area (Å²) in [4.78, 5) is 4.28. The van der Waals surface area contributed by atoms with Crippen LogP contribution >= 0.6 is 0 Å². The maximum absolute atomic E-state index is 14.0. The van der Waals surface area contributed by atoms with E-state index in [2.05, 4.69) is 4.98 Å². The number of halogens is 1. The van der Waals surface area contributed by atoms with Crippen molar-refractivity contribution < 1.29 is 4.39 Å². The molecule has 5 heteroatoms. The van der Waals surface area contributed by atoms with Crippen LogP contribution < -0.4 is 5.73 Å². The zero-order valence-electron chi connectivity index (χ0n) is 10.7. The fourth-order valence-electron chi connectivity index (χ4n) is 2.16. The smallest absolute Gasteiger partial charge is 0.128 e. The molecule has 0 amide bonds. The molecule has 0 aliphatic heterocycles. The Bertz CT molecular complexity index is 791. The van der Waals surface area contributed by atoms with Crippen LogP contribution in [0.5, 0.6) is 0 Å². The molecule has 0 spiro atoms. The number of rotatable bonds is 3. The number of fused-ring (bicyclic) bond motifs is 1. The summed E-state index contributed by atoms with van der Waals surface area (Å²) in [5.74, 6) is -0.501. The molecule has 3 rings (SSSR count). The molecule has 20 heavy (non-hydrogen) atoms. The number of imidazole rings is 1. The molecular formula is C15H13FN4. The van der Waals surface area contributed by atoms with E-state index in [0.717, 1.165) is 11.0 Å². The summed E-state index contributed by atoms with van der Waals surface area (Å²) in [6, 6.07) is 12.3. The van der Waals surface area contributed by atoms with Crippen molar-refractivity contribution in [3.63, 3.8) is 0 Å². The first-order chi connectivity index (χ1) is 9.65. The highest BCUT2D eigenvalue weighted by atomic mass is 19.1. The zero-order valence-corrected chi connectivity index (χ0v) is 10.7. The van der Waals surface area contributed by atoms with Crippen molar-refractivity contribution in [2.45, 2.75) is 6.54 Å². The van der Waals surface area contributed by atoms with E-state index < -0.39 is 0 Å². The molecule has 2 aromatic carbocycles. The van der Waals surface area contributed by atoms with Gasteiger partial charge in [-0.15, -0.1) is 0 Å². The second kappa shape index (κ2) is 4.77. The maximum atomic E-state index is 14.0. The van der Waals surface area contributed by atoms with Crippen LogP contribution in [0, 0.1) is 11.2 Å². The quantitative estimate of drug-likeness (QED) is 0.566. The van der Waals surface area contributed by atoms with Gasteiger partial charge in [0.15, 0.2) is 0 Å². The van der Waals surface area contributed by atoms with E-state index >= 15 is 0 Å². The molecule has 3 N–H and O–H groups in total. The molecule has 1 heterocycles. The number of amidine groups is 1. The lowest BCUT2D eigenvalue weighted by Gasteiger charge is -2.07. The van der Waals surface area contributed by atoms with Gasteiger partial charge in [-0.2, -0.15) is 0 Å². The minimum absolute atomic E-state index is 0.136. The molecule has 0 saturated heterocycles. The van der Waals surface area contributed by atoms with E-state index in [1.54, 1.807) is 18.5 Å². The van der Waals surface area contributed by atoms with Crippen LogP contribution in [0.1, 0.15) is 11.1 Å². The van der Waals surface area contributed by atoms with Crippen LogP contribution in [0.3, 0.4) is 0 Å². The summed E-state index contributed by atoms with van der Waals surface area (Å²) in [7, 11) is 0. The molecule has 0 unspecified atom stereocenters. The lowest BCUT2D eigenvalue weighted by atomic mass is 10.1. The molecule has 3 aromatic rings. The van der Waals surface area contributed by atoms with E-state index in [-0.39, 0.29) is 11.7 Å². The zero-order chi connectivity index (χ0) is 14.1. The number of hydrogen-bond acceptors (Lipinski definition) is 2. The van der Waals surface area contributed by atoms with Crippen molar-refractivity contribution in [3.8, 4) is 0 Å². The van der Waals surface area contributed by atoms with Gasteiger partial charge in [-0.1, -0.05) is 24.3 Å². The first-order valence-corrected chi connectivity index (χ1v) is 6.18. The Morgan fingerprint density at radius 2 is 2.05 bits per heavy atom. The van der Waals surface area contributed by atoms with Crippen LogP contribution in [-0.4, -0.2) is 15.4 Å². The van der Waals surface area contributed by atoms with E-state index in [9.17, 15) is 4.39 Å². The number of para-hydroxylation sites is 2. The molecule has 0 aliphatic rings. The summed E-state index contributed by atoms with van der Waals surface area (Å²) in [5.41, 5.74) is 8.12. The Labute approximate surface area is 115 Å². The third-order valence-electron chi connectivity index (χ3n) is 3.23. The third-order valence-corrected chi connectivity index (χ3v) is 3.23. The fraction of sp³-hybridized carbons (Fsp3) is 0.0667. The first kappa shape index (κ1) is 12.3. The van der Waals surface area contributed by atoms with Gasteiger partial charge in [0.25, 0.3) is 0 Å². The Morgan fingerprint density at radius 3 is 2.80 bits per heavy atom. The number of nitrogens with zero attached hydrogens (tertiary/aromatic N) is 2. The largest absolute Gasteiger partial charge is 0.384 e. The predicted octanol–water partition coefficient (Wildman–Crippen LogP) is 2.51. The van der Waals surface area contributed by atoms with Gasteiger partial charge < -0.3 is 10.3 Å². The Hall–Kier alpha value is -2.69. The van der Waals surface area contributed by atoms with E-state index in [4.69, 9.17) is 11.1 Å². The average molecular weight is 268 g/mol. The SMILES string of the molecule is N=C(N)c1ccc(Cn2cnc3ccccc32)c(F)c1. The van der Waals surface area contributed by atoms with Crippen molar-refractivity contribution >= 4 is 16.9 Å². The number of aromatic nitrogens is 2. The summed E-state index contributed by atoms with van der Waals surface area (Å²) >= 11 is 0. The van der Waals surface area contributed by atoms with Crippen molar-refractivity contribution in [1.82, 2.24) is 9.55 Å². The predicted molar refractivity (Wildman–Crippen MR) is 76.3 cm³/mol. The number of benzene rings is 2. The normalized spacial score (nSPS) is 10.8. The standard InChI is InChI=1S/C15H13FN4/c16-12-7-10(15(17)18)5-6-11(12)8-20-9-19-13-3-1-2-4-14(13)20/h1-7,9H,8H2,(H3,17,18). The van der Waals surface area contributed by atoms with Crippen LogP contribution in [0.2, 0.25) is 0 Å². The molecule has 0 saturated carbocycles. The highest BCUT2D eigenvalue weighted by Gasteiger charge is 2.08. The molecule has 4 nitrogen and oxygen atoms in total. The second-order valence-electron chi connectivity index (χ2n) is 4.58. The Balaban J connectivity index is 1.97. The van der Waals surface area contributed by atoms with Gasteiger partial charge in [-0.25, -0.2) is 9.37 Å². The van der Waals surface area contributed by atoms with E-state index in [0.29, 0.717) is 17.7 Å². The minimum atomic E-state index is -0.365. The monoisotopic (exact) mass is 268 g/mol. The third kappa shape index (κ3) is 2.14. The summed E-state index contributed by atoms with van der Waals surface area (Å²) in [6.07, 6.45) is 1.70. The van der Waals surface area contributed by atoms with Crippen LogP contribution in [0.25, 0.3) is 11.0 Å². The minimum Gasteiger partial charge on any atom is -0.384 e. The van der Waals surface area contributed by atoms with Gasteiger partial charge in [0.2, 0.25) is 0 Å². The molecule has 0 aliphatic carbocycles. The Morgan fingerprint density at radius 1 is 1.25 bits per heavy atom. The van der Waals surface area contributed by atoms with Gasteiger partial charge >= 0.3 is 0 Å². The fourth-order valence-corrected chi connectivity index (χ4v) is 2.16. The summed E-state index contributed by atoms with van der Waals surface area (Å²) in [5, 5.41) is 7.30. The van der Waals surface area contributed by atoms with Gasteiger partial charge in [0.05, 0.1) is 23.9 Å². The molecule has 0 atom stereocenters. The highest BCUT2D eigenvalue weighted by molar-refractivity contribution is 5.94. The number of nitrogen functional groups attached to an aromatic ring is 1. The van der Waals surface area contributed by atoms with Crippen molar-refractivity contribution in [1.29, 1.82) is 5.41 Å². The molecule has 1 aromatic heterocycles. The summed E-state index contributed by atoms with van der Waals surface area (Å²) in [6.45, 7) is 0.393. The molecule has 0 radical (unpaired) electrons. The average Bonchev–Trinajstić information content (AvgIpc) is 2.84. The first-order valence-electron chi connectivity index (χ1n) is 6.18. The van der Waals surface area contributed by atoms with Crippen molar-refractivity contribution in [2.75, 3.05) is 0 Å². The van der Waals surface area contributed by atoms with Crippen molar-refractivity contribution in [3.05, 3.63) is 65.7 Å². The van der Waals surface area contributed by atoms with Crippen LogP contribution in [0.15, 0.2) is 48.8 Å². The highest BCUT2D eigenvalue weighted by Crippen LogP contribution is 2.16. The number of hydrogen-bond donors (Lipinski definition) is 2. The topological polar surface area (TPSA) is 67.7 Å². The van der Waals surface area contributed by atoms with E-state index in [1.165, 1.54) is 6.07 Å². The number of nitrogens with one attached hydrogen (secondary N) is 1. The maximum Gasteiger partial charge on any atom is 0.128 e. The lowest BCUT2D eigenvalue weighted by Crippen LogP contribution is -2.12. The van der Waals surface area contributed by atoms with Gasteiger partial charge in [0.1, 0.15) is 11.7 Å². The Kier molecular flexibility index (Phi) is 2.95. The van der Waals surface area contributed by atoms with Gasteiger partial charge in [-0.3, -0.25) is 5.41 Å². The molecule has 0 bridgehead atoms. The van der Waals surface area contributed by atoms with Crippen LogP contribution in [0.4, 0.5) is 4.39 Å². The summed E-state index contributed by atoms with van der Waals surface area (Å²) < 4.78 is 15.9. The molecule has 100 valence electrons. The van der Waals surface area contributed by atoms with Gasteiger partial charge in [0, 0.05) is 11.1 Å².